The van der Waals surface area contributed by atoms with Crippen molar-refractivity contribution in [2.45, 2.75) is 58.0 Å². The van der Waals surface area contributed by atoms with Crippen molar-refractivity contribution in [3.05, 3.63) is 0 Å². The van der Waals surface area contributed by atoms with E-state index >= 15 is 0 Å². The van der Waals surface area contributed by atoms with E-state index in [0.717, 1.165) is 11.4 Å². The van der Waals surface area contributed by atoms with Crippen molar-refractivity contribution in [2.75, 3.05) is 19.6 Å². The molecule has 0 aromatic heterocycles. The first kappa shape index (κ1) is 20.0. The van der Waals surface area contributed by atoms with E-state index in [0.29, 0.717) is 19.6 Å². The molecular formula is C15H29N3S2-2. The Morgan fingerprint density at radius 1 is 0.850 bits per heavy atom. The number of hydrogen-bond donors (Lipinski definition) is 1. The summed E-state index contributed by atoms with van der Waals surface area (Å²) in [7, 11) is 0. The molecule has 0 spiro atoms. The average Bonchev–Trinajstić information content (AvgIpc) is 2.30. The van der Waals surface area contributed by atoms with E-state index in [1.165, 1.54) is 0 Å². The molecule has 0 unspecified atom stereocenters. The minimum absolute atomic E-state index is 0.149. The zero-order chi connectivity index (χ0) is 16.2. The van der Waals surface area contributed by atoms with Crippen molar-refractivity contribution in [2.24, 2.45) is 21.1 Å². The predicted octanol–water partition coefficient (Wildman–Crippen LogP) is 2.52. The van der Waals surface area contributed by atoms with Crippen LogP contribution in [0.3, 0.4) is 0 Å². The van der Waals surface area contributed by atoms with Gasteiger partial charge in [-0.1, -0.05) is 34.6 Å². The second-order valence-corrected chi connectivity index (χ2v) is 8.88. The molecule has 5 heteroatoms. The number of aliphatic imine (C=N–C) groups is 2. The molecule has 0 saturated heterocycles. The fourth-order valence-electron chi connectivity index (χ4n) is 1.18. The summed E-state index contributed by atoms with van der Waals surface area (Å²) in [6.07, 6.45) is 0. The summed E-state index contributed by atoms with van der Waals surface area (Å²) in [6, 6.07) is 0. The first-order chi connectivity index (χ1) is 8.82. The summed E-state index contributed by atoms with van der Waals surface area (Å²) in [6.45, 7) is 15.8. The summed E-state index contributed by atoms with van der Waals surface area (Å²) in [5, 5.41) is 0. The minimum atomic E-state index is -0.308. The van der Waals surface area contributed by atoms with Gasteiger partial charge < -0.3 is 31.0 Å². The summed E-state index contributed by atoms with van der Waals surface area (Å²) in [5.74, 6) is 0. The van der Waals surface area contributed by atoms with Crippen molar-refractivity contribution < 1.29 is 0 Å². The van der Waals surface area contributed by atoms with Crippen LogP contribution in [-0.2, 0) is 25.3 Å². The van der Waals surface area contributed by atoms with Gasteiger partial charge in [-0.3, -0.25) is 9.98 Å². The normalized spacial score (nSPS) is 18.1. The monoisotopic (exact) mass is 315 g/mol. The highest BCUT2D eigenvalue weighted by atomic mass is 32.1. The molecule has 0 aromatic rings. The molecule has 3 nitrogen and oxygen atoms in total. The Hall–Kier alpha value is -0.000000000000000111. The molecule has 0 aliphatic carbocycles. The van der Waals surface area contributed by atoms with E-state index in [2.05, 4.69) is 16.9 Å². The minimum Gasteiger partial charge on any atom is -0.781 e. The van der Waals surface area contributed by atoms with Crippen molar-refractivity contribution in [1.82, 2.24) is 0 Å². The predicted molar refractivity (Wildman–Crippen MR) is 96.0 cm³/mol. The van der Waals surface area contributed by atoms with Crippen LogP contribution in [0.4, 0.5) is 0 Å². The van der Waals surface area contributed by atoms with Crippen LogP contribution in [0.1, 0.15) is 48.5 Å². The summed E-state index contributed by atoms with van der Waals surface area (Å²) in [4.78, 5) is 9.23. The molecule has 0 aliphatic rings. The molecule has 0 fully saturated rings. The van der Waals surface area contributed by atoms with Crippen molar-refractivity contribution in [1.29, 1.82) is 0 Å². The van der Waals surface area contributed by atoms with E-state index in [1.807, 2.05) is 41.5 Å². The molecule has 0 aromatic carbocycles. The van der Waals surface area contributed by atoms with Gasteiger partial charge in [0.1, 0.15) is 0 Å². The summed E-state index contributed by atoms with van der Waals surface area (Å²) in [5.41, 5.74) is 7.70. The molecule has 118 valence electrons. The van der Waals surface area contributed by atoms with Crippen LogP contribution >= 0.6 is 0 Å². The smallest absolute Gasteiger partial charge is 0.0471 e. The fourth-order valence-corrected chi connectivity index (χ4v) is 1.31. The van der Waals surface area contributed by atoms with Gasteiger partial charge in [-0.05, 0) is 25.3 Å². The Balaban J connectivity index is 4.89. The van der Waals surface area contributed by atoms with Crippen LogP contribution in [-0.4, -0.2) is 40.6 Å². The van der Waals surface area contributed by atoms with Crippen LogP contribution < -0.4 is 5.73 Å². The van der Waals surface area contributed by atoms with Crippen LogP contribution in [0.15, 0.2) is 9.98 Å². The zero-order valence-corrected chi connectivity index (χ0v) is 15.5. The lowest BCUT2D eigenvalue weighted by Gasteiger charge is -2.35. The Morgan fingerprint density at radius 2 is 1.15 bits per heavy atom. The molecule has 0 atom stereocenters. The Bertz CT molecular complexity index is 342. The van der Waals surface area contributed by atoms with Gasteiger partial charge in [-0.2, -0.15) is 0 Å². The Labute approximate surface area is 135 Å². The SMILES string of the molecule is CC(=NCC(C)(CN)CN=C(C)C(C)(C)[S-])C(C)(C)[S-]. The third-order valence-corrected chi connectivity index (χ3v) is 4.22. The fraction of sp³-hybridized carbons (Fsp3) is 0.867. The van der Waals surface area contributed by atoms with Crippen molar-refractivity contribution >= 4 is 36.7 Å². The Kier molecular flexibility index (Phi) is 7.32. The second-order valence-electron chi connectivity index (χ2n) is 6.84. The maximum atomic E-state index is 5.91. The molecule has 0 aliphatic heterocycles. The topological polar surface area (TPSA) is 50.7 Å². The van der Waals surface area contributed by atoms with Gasteiger partial charge in [0, 0.05) is 25.0 Å². The lowest BCUT2D eigenvalue weighted by atomic mass is 9.90. The van der Waals surface area contributed by atoms with Crippen LogP contribution in [0.25, 0.3) is 0 Å². The average molecular weight is 316 g/mol. The van der Waals surface area contributed by atoms with E-state index < -0.39 is 0 Å². The van der Waals surface area contributed by atoms with Crippen LogP contribution in [0.2, 0.25) is 0 Å². The maximum absolute atomic E-state index is 5.91. The molecule has 0 bridgehead atoms. The highest BCUT2D eigenvalue weighted by molar-refractivity contribution is 7.61. The van der Waals surface area contributed by atoms with Gasteiger partial charge in [0.05, 0.1) is 0 Å². The van der Waals surface area contributed by atoms with Gasteiger partial charge in [-0.25, -0.2) is 0 Å². The first-order valence-electron chi connectivity index (χ1n) is 6.96. The third-order valence-electron chi connectivity index (χ3n) is 3.63. The second kappa shape index (κ2) is 7.32. The third kappa shape index (κ3) is 7.14. The van der Waals surface area contributed by atoms with Gasteiger partial charge in [0.15, 0.2) is 0 Å². The highest BCUT2D eigenvalue weighted by Crippen LogP contribution is 2.18. The largest absolute Gasteiger partial charge is 0.781 e. The van der Waals surface area contributed by atoms with Gasteiger partial charge >= 0.3 is 0 Å². The molecule has 0 rings (SSSR count). The first-order valence-corrected chi connectivity index (χ1v) is 7.77. The number of nitrogens with two attached hydrogens (primary N) is 1. The van der Waals surface area contributed by atoms with E-state index in [-0.39, 0.29) is 14.9 Å². The summed E-state index contributed by atoms with van der Waals surface area (Å²) >= 11 is 10.8. The van der Waals surface area contributed by atoms with Gasteiger partial charge in [0.25, 0.3) is 0 Å². The van der Waals surface area contributed by atoms with Crippen molar-refractivity contribution in [3.63, 3.8) is 0 Å². The number of hydrogen-bond acceptors (Lipinski definition) is 5. The van der Waals surface area contributed by atoms with E-state index in [1.54, 1.807) is 0 Å². The molecule has 0 saturated carbocycles. The standard InChI is InChI=1S/C15H31N3S2/c1-11(13(3,4)19)17-9-15(7,8-16)10-18-12(2)14(5,6)20/h19-20H,8-10,16H2,1-7H3/p-2. The summed E-state index contributed by atoms with van der Waals surface area (Å²) < 4.78 is -0.616. The van der Waals surface area contributed by atoms with Gasteiger partial charge in [-0.15, -0.1) is 9.49 Å². The molecule has 0 amide bonds. The van der Waals surface area contributed by atoms with Crippen LogP contribution in [0.5, 0.6) is 0 Å². The van der Waals surface area contributed by atoms with Crippen LogP contribution in [0, 0.1) is 5.41 Å². The maximum Gasteiger partial charge on any atom is 0.0471 e. The Morgan fingerprint density at radius 3 is 1.35 bits per heavy atom. The lowest BCUT2D eigenvalue weighted by molar-refractivity contribution is 0.362. The number of rotatable bonds is 7. The lowest BCUT2D eigenvalue weighted by Crippen LogP contribution is -2.36. The molecule has 0 heterocycles. The molecular weight excluding hydrogens is 286 g/mol. The van der Waals surface area contributed by atoms with E-state index in [9.17, 15) is 0 Å². The molecule has 0 radical (unpaired) electrons. The zero-order valence-electron chi connectivity index (χ0n) is 13.9. The van der Waals surface area contributed by atoms with E-state index in [4.69, 9.17) is 31.0 Å². The highest BCUT2D eigenvalue weighted by Gasteiger charge is 2.22. The molecule has 2 N–H and O–H groups in total. The van der Waals surface area contributed by atoms with Crippen molar-refractivity contribution in [3.8, 4) is 0 Å². The van der Waals surface area contributed by atoms with Gasteiger partial charge in [0.2, 0.25) is 0 Å². The molecule has 20 heavy (non-hydrogen) atoms. The number of nitrogens with zero attached hydrogens (tertiary/aromatic N) is 2. The quantitative estimate of drug-likeness (QED) is 0.580.